The Kier molecular flexibility index (Phi) is 3.18. The third-order valence-corrected chi connectivity index (χ3v) is 3.00. The average molecular weight is 222 g/mol. The van der Waals surface area contributed by atoms with Crippen molar-refractivity contribution >= 4 is 21.4 Å². The lowest BCUT2D eigenvalue weighted by atomic mass is 10.3. The minimum Gasteiger partial charge on any atom is -0.476 e. The second kappa shape index (κ2) is 4.59. The molecule has 15 heavy (non-hydrogen) atoms. The van der Waals surface area contributed by atoms with Gasteiger partial charge in [0, 0.05) is 17.4 Å². The molecule has 4 heteroatoms. The number of hydrogen-bond donors (Lipinski definition) is 0. The van der Waals surface area contributed by atoms with E-state index in [1.54, 1.807) is 17.5 Å². The molecular weight excluding hydrogens is 208 g/mol. The van der Waals surface area contributed by atoms with E-state index in [4.69, 9.17) is 4.74 Å². The lowest BCUT2D eigenvalue weighted by molar-refractivity contribution is 0.256. The number of hydrogen-bond acceptors (Lipinski definition) is 4. The molecule has 2 heterocycles. The lowest BCUT2D eigenvalue weighted by Gasteiger charge is -2.10. The molecule has 0 aliphatic carbocycles. The third-order valence-electron chi connectivity index (χ3n) is 2.12. The van der Waals surface area contributed by atoms with E-state index >= 15 is 0 Å². The normalized spacial score (nSPS) is 11.1. The molecule has 0 amide bonds. The zero-order chi connectivity index (χ0) is 10.7. The Hall–Kier alpha value is -1.13. The minimum absolute atomic E-state index is 0.676. The van der Waals surface area contributed by atoms with Gasteiger partial charge in [-0.15, -0.1) is 11.3 Å². The van der Waals surface area contributed by atoms with Crippen LogP contribution in [0.2, 0.25) is 0 Å². The van der Waals surface area contributed by atoms with Crippen molar-refractivity contribution < 1.29 is 4.74 Å². The van der Waals surface area contributed by atoms with Crippen molar-refractivity contribution in [1.29, 1.82) is 0 Å². The fraction of sp³-hybridized carbons (Fsp3) is 0.364. The van der Waals surface area contributed by atoms with Crippen LogP contribution in [0.3, 0.4) is 0 Å². The Morgan fingerprint density at radius 1 is 1.40 bits per heavy atom. The standard InChI is InChI=1S/C11H14N2OS/c1-13(2)6-7-14-11-9-4-8-15-10(9)3-5-12-11/h3-5,8H,6-7H2,1-2H3. The monoisotopic (exact) mass is 222 g/mol. The molecule has 2 rings (SSSR count). The van der Waals surface area contributed by atoms with Gasteiger partial charge in [0.05, 0.1) is 5.39 Å². The van der Waals surface area contributed by atoms with Crippen molar-refractivity contribution in [3.8, 4) is 5.88 Å². The molecule has 0 bridgehead atoms. The summed E-state index contributed by atoms with van der Waals surface area (Å²) in [6, 6.07) is 4.07. The first-order valence-electron chi connectivity index (χ1n) is 4.87. The van der Waals surface area contributed by atoms with Gasteiger partial charge >= 0.3 is 0 Å². The Morgan fingerprint density at radius 3 is 3.07 bits per heavy atom. The van der Waals surface area contributed by atoms with Gasteiger partial charge in [-0.05, 0) is 31.6 Å². The van der Waals surface area contributed by atoms with E-state index in [0.717, 1.165) is 17.8 Å². The van der Waals surface area contributed by atoms with Gasteiger partial charge in [0.15, 0.2) is 0 Å². The summed E-state index contributed by atoms with van der Waals surface area (Å²) < 4.78 is 6.87. The van der Waals surface area contributed by atoms with Crippen LogP contribution in [0.25, 0.3) is 10.1 Å². The zero-order valence-corrected chi connectivity index (χ0v) is 9.75. The minimum atomic E-state index is 0.676. The maximum atomic E-state index is 5.64. The van der Waals surface area contributed by atoms with Crippen LogP contribution in [-0.2, 0) is 0 Å². The maximum Gasteiger partial charge on any atom is 0.222 e. The van der Waals surface area contributed by atoms with Gasteiger partial charge < -0.3 is 9.64 Å². The SMILES string of the molecule is CN(C)CCOc1nccc2sccc12. The second-order valence-corrected chi connectivity index (χ2v) is 4.55. The quantitative estimate of drug-likeness (QED) is 0.793. The van der Waals surface area contributed by atoms with E-state index in [0.29, 0.717) is 6.61 Å². The Balaban J connectivity index is 2.10. The average Bonchev–Trinajstić information content (AvgIpc) is 2.65. The van der Waals surface area contributed by atoms with Gasteiger partial charge in [0.1, 0.15) is 6.61 Å². The van der Waals surface area contributed by atoms with Crippen molar-refractivity contribution in [2.24, 2.45) is 0 Å². The molecule has 0 saturated heterocycles. The van der Waals surface area contributed by atoms with E-state index in [1.165, 1.54) is 4.70 Å². The van der Waals surface area contributed by atoms with Crippen molar-refractivity contribution in [2.45, 2.75) is 0 Å². The predicted molar refractivity (Wildman–Crippen MR) is 63.7 cm³/mol. The highest BCUT2D eigenvalue weighted by Gasteiger charge is 2.03. The number of thiophene rings is 1. The summed E-state index contributed by atoms with van der Waals surface area (Å²) in [5.41, 5.74) is 0. The second-order valence-electron chi connectivity index (χ2n) is 3.60. The van der Waals surface area contributed by atoms with Crippen LogP contribution in [0.5, 0.6) is 5.88 Å². The van der Waals surface area contributed by atoms with Crippen molar-refractivity contribution in [2.75, 3.05) is 27.2 Å². The highest BCUT2D eigenvalue weighted by Crippen LogP contribution is 2.27. The molecule has 3 nitrogen and oxygen atoms in total. The Morgan fingerprint density at radius 2 is 2.27 bits per heavy atom. The summed E-state index contributed by atoms with van der Waals surface area (Å²) in [5.74, 6) is 0.746. The zero-order valence-electron chi connectivity index (χ0n) is 8.93. The van der Waals surface area contributed by atoms with Crippen LogP contribution >= 0.6 is 11.3 Å². The summed E-state index contributed by atoms with van der Waals surface area (Å²) in [6.07, 6.45) is 1.80. The number of likely N-dealkylation sites (N-methyl/N-ethyl adjacent to an activating group) is 1. The van der Waals surface area contributed by atoms with Crippen LogP contribution in [0.4, 0.5) is 0 Å². The lowest BCUT2D eigenvalue weighted by Crippen LogP contribution is -2.19. The number of aromatic nitrogens is 1. The van der Waals surface area contributed by atoms with Gasteiger partial charge in [-0.2, -0.15) is 0 Å². The van der Waals surface area contributed by atoms with Crippen LogP contribution < -0.4 is 4.74 Å². The Bertz CT molecular complexity index is 439. The number of pyridine rings is 1. The van der Waals surface area contributed by atoms with Gasteiger partial charge in [0.25, 0.3) is 0 Å². The molecular formula is C11H14N2OS. The molecule has 0 aliphatic rings. The van der Waals surface area contributed by atoms with Gasteiger partial charge in [-0.25, -0.2) is 4.98 Å². The molecule has 2 aromatic heterocycles. The van der Waals surface area contributed by atoms with E-state index in [1.807, 2.05) is 20.2 Å². The maximum absolute atomic E-state index is 5.64. The molecule has 0 unspecified atom stereocenters. The number of nitrogens with zero attached hydrogens (tertiary/aromatic N) is 2. The summed E-state index contributed by atoms with van der Waals surface area (Å²) >= 11 is 1.71. The summed E-state index contributed by atoms with van der Waals surface area (Å²) in [4.78, 5) is 6.33. The van der Waals surface area contributed by atoms with E-state index in [-0.39, 0.29) is 0 Å². The van der Waals surface area contributed by atoms with Crippen molar-refractivity contribution in [3.63, 3.8) is 0 Å². The first-order chi connectivity index (χ1) is 7.27. The van der Waals surface area contributed by atoms with Gasteiger partial charge in [-0.3, -0.25) is 0 Å². The molecule has 0 radical (unpaired) electrons. The highest BCUT2D eigenvalue weighted by molar-refractivity contribution is 7.17. The largest absolute Gasteiger partial charge is 0.476 e. The predicted octanol–water partition coefficient (Wildman–Crippen LogP) is 2.24. The summed E-state index contributed by atoms with van der Waals surface area (Å²) in [7, 11) is 4.06. The van der Waals surface area contributed by atoms with Gasteiger partial charge in [0.2, 0.25) is 5.88 Å². The number of rotatable bonds is 4. The number of fused-ring (bicyclic) bond motifs is 1. The Labute approximate surface area is 93.3 Å². The molecule has 80 valence electrons. The van der Waals surface area contributed by atoms with Crippen LogP contribution in [0.1, 0.15) is 0 Å². The van der Waals surface area contributed by atoms with Crippen LogP contribution in [0.15, 0.2) is 23.7 Å². The first kappa shape index (κ1) is 10.4. The molecule has 0 fully saturated rings. The number of ether oxygens (including phenoxy) is 1. The van der Waals surface area contributed by atoms with E-state index in [9.17, 15) is 0 Å². The molecule has 0 aliphatic heterocycles. The highest BCUT2D eigenvalue weighted by atomic mass is 32.1. The fourth-order valence-electron chi connectivity index (χ4n) is 1.31. The third kappa shape index (κ3) is 2.46. The van der Waals surface area contributed by atoms with E-state index in [2.05, 4.69) is 21.3 Å². The molecule has 0 spiro atoms. The smallest absolute Gasteiger partial charge is 0.222 e. The summed E-state index contributed by atoms with van der Waals surface area (Å²) in [6.45, 7) is 1.58. The van der Waals surface area contributed by atoms with Gasteiger partial charge in [-0.1, -0.05) is 0 Å². The molecule has 0 N–H and O–H groups in total. The topological polar surface area (TPSA) is 25.4 Å². The molecule has 2 aromatic rings. The van der Waals surface area contributed by atoms with Crippen LogP contribution in [-0.4, -0.2) is 37.1 Å². The van der Waals surface area contributed by atoms with Crippen molar-refractivity contribution in [3.05, 3.63) is 23.7 Å². The fourth-order valence-corrected chi connectivity index (χ4v) is 2.08. The van der Waals surface area contributed by atoms with Crippen molar-refractivity contribution in [1.82, 2.24) is 9.88 Å². The van der Waals surface area contributed by atoms with Crippen LogP contribution in [0, 0.1) is 0 Å². The first-order valence-corrected chi connectivity index (χ1v) is 5.75. The van der Waals surface area contributed by atoms with E-state index < -0.39 is 0 Å². The molecule has 0 saturated carbocycles. The summed E-state index contributed by atoms with van der Waals surface area (Å²) in [5, 5.41) is 3.17. The molecule has 0 atom stereocenters. The molecule has 0 aromatic carbocycles.